The third kappa shape index (κ3) is 9.60. The van der Waals surface area contributed by atoms with Gasteiger partial charge in [-0.25, -0.2) is 14.6 Å². The standard InChI is InChI=1S/C35H40F6N4O7/c1-30(2,3)51-28(46)45(29(47)52-31(4,5)6)23-18-22(34(36,37)38)25-42-24(23)26-43-44-27(50-26)33(35(39,40)41,49-19-21-14-10-9-11-15-21)17-13-12-16-32(7,8)20-48-25/h9-15,18H,16-17,19-20H2,1-8H3/b13-12-/t33-/m1/s1. The number of imide groups is 1. The second-order valence-electron chi connectivity index (χ2n) is 14.8. The number of allylic oxidation sites excluding steroid dienone is 1. The average molecular weight is 743 g/mol. The van der Waals surface area contributed by atoms with Crippen LogP contribution in [-0.4, -0.2) is 51.4 Å². The molecule has 2 amide bonds. The Kier molecular flexibility index (Phi) is 11.1. The maximum absolute atomic E-state index is 15.3. The zero-order chi connectivity index (χ0) is 38.9. The second kappa shape index (κ2) is 14.4. The molecule has 11 nitrogen and oxygen atoms in total. The summed E-state index contributed by atoms with van der Waals surface area (Å²) in [6, 6.07) is 8.34. The van der Waals surface area contributed by atoms with Gasteiger partial charge < -0.3 is 23.4 Å². The maximum Gasteiger partial charge on any atom is 0.426 e. The number of benzene rings is 1. The van der Waals surface area contributed by atoms with Gasteiger partial charge in [0.05, 0.1) is 18.9 Å². The molecule has 17 heteroatoms. The molecule has 0 saturated heterocycles. The van der Waals surface area contributed by atoms with Gasteiger partial charge in [0.2, 0.25) is 11.5 Å². The summed E-state index contributed by atoms with van der Waals surface area (Å²) in [7, 11) is 0. The number of amides is 2. The van der Waals surface area contributed by atoms with Crippen LogP contribution in [0.1, 0.15) is 85.2 Å². The minimum absolute atomic E-state index is 0.0616. The van der Waals surface area contributed by atoms with E-state index in [4.69, 9.17) is 23.4 Å². The van der Waals surface area contributed by atoms with Crippen molar-refractivity contribution < 1.29 is 59.3 Å². The number of rotatable bonds is 4. The van der Waals surface area contributed by atoms with Crippen molar-refractivity contribution in [2.45, 2.75) is 104 Å². The van der Waals surface area contributed by atoms with E-state index in [1.54, 1.807) is 44.2 Å². The van der Waals surface area contributed by atoms with E-state index in [0.717, 1.165) is 0 Å². The fourth-order valence-corrected chi connectivity index (χ4v) is 4.78. The molecule has 4 rings (SSSR count). The molecular weight excluding hydrogens is 702 g/mol. The lowest BCUT2D eigenvalue weighted by Crippen LogP contribution is -2.45. The Morgan fingerprint density at radius 2 is 1.44 bits per heavy atom. The molecule has 2 aromatic heterocycles. The Morgan fingerprint density at radius 3 is 1.98 bits per heavy atom. The molecule has 1 aromatic carbocycles. The van der Waals surface area contributed by atoms with Gasteiger partial charge in [0, 0.05) is 11.8 Å². The Balaban J connectivity index is 2.06. The molecule has 1 atom stereocenters. The van der Waals surface area contributed by atoms with Gasteiger partial charge in [-0.2, -0.15) is 31.2 Å². The molecule has 0 saturated carbocycles. The van der Waals surface area contributed by atoms with Crippen LogP contribution in [0.2, 0.25) is 0 Å². The van der Waals surface area contributed by atoms with Crippen LogP contribution in [-0.2, 0) is 32.6 Å². The van der Waals surface area contributed by atoms with Crippen LogP contribution in [0.3, 0.4) is 0 Å². The number of halogens is 6. The molecule has 4 bridgehead atoms. The van der Waals surface area contributed by atoms with E-state index >= 15 is 13.2 Å². The smallest absolute Gasteiger partial charge is 0.426 e. The number of aromatic nitrogens is 3. The number of alkyl halides is 6. The van der Waals surface area contributed by atoms with Crippen molar-refractivity contribution in [3.63, 3.8) is 0 Å². The van der Waals surface area contributed by atoms with Crippen LogP contribution in [0.25, 0.3) is 11.6 Å². The first-order valence-corrected chi connectivity index (χ1v) is 16.1. The predicted molar refractivity (Wildman–Crippen MR) is 174 cm³/mol. The number of anilines is 1. The van der Waals surface area contributed by atoms with Gasteiger partial charge in [0.15, 0.2) is 5.69 Å². The molecule has 0 N–H and O–H groups in total. The van der Waals surface area contributed by atoms with E-state index in [1.165, 1.54) is 53.7 Å². The summed E-state index contributed by atoms with van der Waals surface area (Å²) in [5.41, 5.74) is -9.68. The minimum Gasteiger partial charge on any atom is -0.477 e. The summed E-state index contributed by atoms with van der Waals surface area (Å²) >= 11 is 0. The molecule has 52 heavy (non-hydrogen) atoms. The van der Waals surface area contributed by atoms with E-state index in [9.17, 15) is 22.8 Å². The Labute approximate surface area is 296 Å². The van der Waals surface area contributed by atoms with Crippen molar-refractivity contribution in [1.82, 2.24) is 15.2 Å². The van der Waals surface area contributed by atoms with Crippen LogP contribution in [0, 0.1) is 5.41 Å². The van der Waals surface area contributed by atoms with Crippen LogP contribution >= 0.6 is 0 Å². The third-order valence-corrected chi connectivity index (χ3v) is 7.27. The summed E-state index contributed by atoms with van der Waals surface area (Å²) in [6.07, 6.45) is -11.5. The number of carbonyl (C=O) groups is 2. The van der Waals surface area contributed by atoms with E-state index in [-0.39, 0.29) is 11.3 Å². The lowest BCUT2D eigenvalue weighted by atomic mass is 9.89. The summed E-state index contributed by atoms with van der Waals surface area (Å²) < 4.78 is 117. The highest BCUT2D eigenvalue weighted by molar-refractivity contribution is 6.11. The molecule has 0 radical (unpaired) electrons. The van der Waals surface area contributed by atoms with Crippen LogP contribution in [0.5, 0.6) is 5.88 Å². The zero-order valence-electron chi connectivity index (χ0n) is 29.9. The SMILES string of the molecule is CC1(C)C/C=C\C[C@](OCc2ccccc2)(C(F)(F)F)c2nnc(o2)-c2nc(c(C(F)(F)F)cc2N(C(=O)OC(C)(C)C)C(=O)OC(C)(C)C)OC1. The predicted octanol–water partition coefficient (Wildman–Crippen LogP) is 9.56. The van der Waals surface area contributed by atoms with Crippen molar-refractivity contribution in [2.24, 2.45) is 5.41 Å². The van der Waals surface area contributed by atoms with Crippen molar-refractivity contribution >= 4 is 17.9 Å². The quantitative estimate of drug-likeness (QED) is 0.188. The highest BCUT2D eigenvalue weighted by Crippen LogP contribution is 2.48. The first-order valence-electron chi connectivity index (χ1n) is 16.1. The Hall–Kier alpha value is -4.67. The van der Waals surface area contributed by atoms with Gasteiger partial charge in [-0.3, -0.25) is 0 Å². The van der Waals surface area contributed by atoms with Crippen LogP contribution in [0.4, 0.5) is 41.6 Å². The molecule has 3 heterocycles. The first kappa shape index (κ1) is 40.1. The van der Waals surface area contributed by atoms with Gasteiger partial charge in [0.25, 0.3) is 11.8 Å². The summed E-state index contributed by atoms with van der Waals surface area (Å²) in [5, 5.41) is 7.38. The van der Waals surface area contributed by atoms with Crippen molar-refractivity contribution in [3.8, 4) is 17.5 Å². The Morgan fingerprint density at radius 1 is 0.865 bits per heavy atom. The minimum atomic E-state index is -5.19. The summed E-state index contributed by atoms with van der Waals surface area (Å²) in [6.45, 7) is 10.9. The van der Waals surface area contributed by atoms with Crippen molar-refractivity contribution in [2.75, 3.05) is 11.5 Å². The average Bonchev–Trinajstić information content (AvgIpc) is 3.47. The molecule has 0 unspecified atom stereocenters. The van der Waals surface area contributed by atoms with Gasteiger partial charge in [-0.15, -0.1) is 10.2 Å². The topological polar surface area (TPSA) is 126 Å². The lowest BCUT2D eigenvalue weighted by molar-refractivity contribution is -0.295. The van der Waals surface area contributed by atoms with E-state index in [2.05, 4.69) is 15.2 Å². The molecule has 1 aliphatic rings. The number of nitrogens with zero attached hydrogens (tertiary/aromatic N) is 4. The summed E-state index contributed by atoms with van der Waals surface area (Å²) in [4.78, 5) is 31.3. The molecular formula is C35H40F6N4O7. The molecule has 0 spiro atoms. The lowest BCUT2D eigenvalue weighted by Gasteiger charge is -2.32. The third-order valence-electron chi connectivity index (χ3n) is 7.27. The number of fused-ring (bicyclic) bond motifs is 5. The van der Waals surface area contributed by atoms with Crippen molar-refractivity contribution in [3.05, 3.63) is 65.6 Å². The zero-order valence-corrected chi connectivity index (χ0v) is 29.9. The van der Waals surface area contributed by atoms with Gasteiger partial charge >= 0.3 is 24.5 Å². The number of hydrogen-bond acceptors (Lipinski definition) is 10. The van der Waals surface area contributed by atoms with Crippen LogP contribution < -0.4 is 9.64 Å². The number of ether oxygens (including phenoxy) is 4. The maximum atomic E-state index is 15.3. The number of carbonyl (C=O) groups excluding carboxylic acids is 2. The van der Waals surface area contributed by atoms with Gasteiger partial charge in [0.1, 0.15) is 16.8 Å². The molecule has 1 aliphatic heterocycles. The number of pyridine rings is 1. The normalized spacial score (nSPS) is 18.8. The number of hydrogen-bond donors (Lipinski definition) is 0. The van der Waals surface area contributed by atoms with Gasteiger partial charge in [-0.05, 0) is 59.6 Å². The fourth-order valence-electron chi connectivity index (χ4n) is 4.78. The molecule has 0 fully saturated rings. The fraction of sp³-hybridized carbons (Fsp3) is 0.514. The highest BCUT2D eigenvalue weighted by atomic mass is 19.4. The second-order valence-corrected chi connectivity index (χ2v) is 14.8. The van der Waals surface area contributed by atoms with Crippen LogP contribution in [0.15, 0.2) is 53.0 Å². The van der Waals surface area contributed by atoms with Crippen molar-refractivity contribution in [1.29, 1.82) is 0 Å². The summed E-state index contributed by atoms with van der Waals surface area (Å²) in [5.74, 6) is -3.06. The Bertz CT molecular complexity index is 1750. The van der Waals surface area contributed by atoms with E-state index in [0.29, 0.717) is 11.6 Å². The van der Waals surface area contributed by atoms with E-state index < -0.39 is 101 Å². The monoisotopic (exact) mass is 742 g/mol. The van der Waals surface area contributed by atoms with Gasteiger partial charge in [-0.1, -0.05) is 56.3 Å². The molecule has 0 aliphatic carbocycles. The largest absolute Gasteiger partial charge is 0.477 e. The highest BCUT2D eigenvalue weighted by Gasteiger charge is 2.61. The molecule has 3 aromatic rings. The molecule has 284 valence electrons. The first-order chi connectivity index (χ1) is 23.8. The van der Waals surface area contributed by atoms with E-state index in [1.807, 2.05) is 0 Å².